The van der Waals surface area contributed by atoms with Crippen LogP contribution in [0.3, 0.4) is 0 Å². The van der Waals surface area contributed by atoms with E-state index in [0.29, 0.717) is 18.4 Å². The van der Waals surface area contributed by atoms with Crippen molar-refractivity contribution in [1.29, 1.82) is 0 Å². The first-order chi connectivity index (χ1) is 13.7. The van der Waals surface area contributed by atoms with E-state index in [-0.39, 0.29) is 29.4 Å². The first-order valence-corrected chi connectivity index (χ1v) is 9.54. The molecule has 9 heteroatoms. The van der Waals surface area contributed by atoms with Crippen molar-refractivity contribution in [3.05, 3.63) is 47.7 Å². The quantitative estimate of drug-likeness (QED) is 0.730. The van der Waals surface area contributed by atoms with Gasteiger partial charge in [-0.3, -0.25) is 9.80 Å². The summed E-state index contributed by atoms with van der Waals surface area (Å²) in [7, 11) is 0. The Labute approximate surface area is 161 Å². The summed E-state index contributed by atoms with van der Waals surface area (Å²) in [6, 6.07) is 6.29. The number of carbonyl (C=O) groups is 1. The van der Waals surface area contributed by atoms with Gasteiger partial charge in [-0.1, -0.05) is 12.1 Å². The van der Waals surface area contributed by atoms with E-state index in [1.54, 1.807) is 24.3 Å². The van der Waals surface area contributed by atoms with E-state index in [1.165, 1.54) is 6.07 Å². The highest BCUT2D eigenvalue weighted by Gasteiger charge is 2.44. The van der Waals surface area contributed by atoms with Crippen LogP contribution < -0.4 is 16.1 Å². The maximum absolute atomic E-state index is 14.0. The van der Waals surface area contributed by atoms with Crippen LogP contribution in [-0.2, 0) is 4.79 Å². The standard InChI is InChI=1S/C19H21FN6O2/c20-14-4-2-1-3-12(14)18-24-25-19(28-18)13-10-22-26-15(9-16(27)23-17(13)26)11-5-7-21-8-6-11/h1-4,9,11,13,17,21-22H,5-8,10H2,(H,23,27). The van der Waals surface area contributed by atoms with Crippen molar-refractivity contribution >= 4 is 5.91 Å². The Bertz CT molecular complexity index is 923. The molecule has 146 valence electrons. The number of rotatable bonds is 3. The Kier molecular flexibility index (Phi) is 4.33. The molecule has 1 aromatic carbocycles. The lowest BCUT2D eigenvalue weighted by molar-refractivity contribution is -0.119. The average molecular weight is 384 g/mol. The van der Waals surface area contributed by atoms with Crippen molar-refractivity contribution in [2.75, 3.05) is 19.6 Å². The van der Waals surface area contributed by atoms with Gasteiger partial charge in [-0.2, -0.15) is 0 Å². The van der Waals surface area contributed by atoms with Gasteiger partial charge in [-0.05, 0) is 38.1 Å². The number of benzene rings is 1. The summed E-state index contributed by atoms with van der Waals surface area (Å²) in [5.41, 5.74) is 4.64. The second-order valence-electron chi connectivity index (χ2n) is 7.31. The fourth-order valence-corrected chi connectivity index (χ4v) is 4.18. The van der Waals surface area contributed by atoms with Crippen LogP contribution in [0.2, 0.25) is 0 Å². The number of fused-ring (bicyclic) bond motifs is 1. The van der Waals surface area contributed by atoms with E-state index in [1.807, 2.05) is 5.01 Å². The molecule has 0 spiro atoms. The molecule has 2 fully saturated rings. The number of hydrogen-bond acceptors (Lipinski definition) is 7. The number of allylic oxidation sites excluding steroid dienone is 1. The number of nitrogens with zero attached hydrogens (tertiary/aromatic N) is 3. The molecule has 3 aliphatic rings. The summed E-state index contributed by atoms with van der Waals surface area (Å²) in [6.07, 6.45) is 3.36. The van der Waals surface area contributed by atoms with Gasteiger partial charge in [0.15, 0.2) is 0 Å². The predicted octanol–water partition coefficient (Wildman–Crippen LogP) is 1.12. The molecule has 3 aliphatic heterocycles. The second-order valence-corrected chi connectivity index (χ2v) is 7.31. The first kappa shape index (κ1) is 17.3. The van der Waals surface area contributed by atoms with E-state index < -0.39 is 5.82 Å². The van der Waals surface area contributed by atoms with Crippen LogP contribution in [0.25, 0.3) is 11.5 Å². The van der Waals surface area contributed by atoms with E-state index in [4.69, 9.17) is 4.42 Å². The molecule has 0 bridgehead atoms. The highest BCUT2D eigenvalue weighted by atomic mass is 19.1. The van der Waals surface area contributed by atoms with Gasteiger partial charge >= 0.3 is 0 Å². The normalized spacial score (nSPS) is 25.4. The number of hydrazine groups is 1. The van der Waals surface area contributed by atoms with Crippen LogP contribution in [0.5, 0.6) is 0 Å². The van der Waals surface area contributed by atoms with Crippen molar-refractivity contribution in [3.63, 3.8) is 0 Å². The zero-order chi connectivity index (χ0) is 19.1. The van der Waals surface area contributed by atoms with Crippen molar-refractivity contribution in [1.82, 2.24) is 31.3 Å². The number of amides is 1. The lowest BCUT2D eigenvalue weighted by Crippen LogP contribution is -2.53. The number of nitrogens with one attached hydrogen (secondary N) is 3. The average Bonchev–Trinajstić information content (AvgIpc) is 3.35. The maximum Gasteiger partial charge on any atom is 0.250 e. The van der Waals surface area contributed by atoms with E-state index in [2.05, 4.69) is 26.3 Å². The molecule has 3 N–H and O–H groups in total. The Morgan fingerprint density at radius 1 is 1.18 bits per heavy atom. The van der Waals surface area contributed by atoms with Crippen LogP contribution in [0.4, 0.5) is 4.39 Å². The number of piperidine rings is 1. The predicted molar refractivity (Wildman–Crippen MR) is 97.9 cm³/mol. The zero-order valence-corrected chi connectivity index (χ0v) is 15.2. The highest BCUT2D eigenvalue weighted by Crippen LogP contribution is 2.35. The van der Waals surface area contributed by atoms with E-state index >= 15 is 0 Å². The third-order valence-electron chi connectivity index (χ3n) is 5.61. The summed E-state index contributed by atoms with van der Waals surface area (Å²) in [5.74, 6) is 0.108. The molecular weight excluding hydrogens is 363 g/mol. The van der Waals surface area contributed by atoms with Gasteiger partial charge in [0, 0.05) is 24.2 Å². The zero-order valence-electron chi connectivity index (χ0n) is 15.2. The molecule has 28 heavy (non-hydrogen) atoms. The number of carbonyl (C=O) groups excluding carboxylic acids is 1. The third-order valence-corrected chi connectivity index (χ3v) is 5.61. The largest absolute Gasteiger partial charge is 0.420 e. The summed E-state index contributed by atoms with van der Waals surface area (Å²) in [4.78, 5) is 12.3. The highest BCUT2D eigenvalue weighted by molar-refractivity contribution is 5.89. The Hall–Kier alpha value is -2.78. The molecule has 8 nitrogen and oxygen atoms in total. The lowest BCUT2D eigenvalue weighted by atomic mass is 9.92. The minimum absolute atomic E-state index is 0.114. The number of hydrogen-bond donors (Lipinski definition) is 3. The van der Waals surface area contributed by atoms with Crippen LogP contribution >= 0.6 is 0 Å². The molecule has 4 heterocycles. The van der Waals surface area contributed by atoms with Gasteiger partial charge in [0.1, 0.15) is 12.0 Å². The molecule has 0 radical (unpaired) electrons. The summed E-state index contributed by atoms with van der Waals surface area (Å²) in [6.45, 7) is 2.44. The maximum atomic E-state index is 14.0. The van der Waals surface area contributed by atoms with Crippen LogP contribution in [0, 0.1) is 11.7 Å². The number of aromatic nitrogens is 2. The smallest absolute Gasteiger partial charge is 0.250 e. The molecule has 5 rings (SSSR count). The molecule has 0 saturated carbocycles. The lowest BCUT2D eigenvalue weighted by Gasteiger charge is -2.38. The molecule has 0 aliphatic carbocycles. The fraction of sp³-hybridized carbons (Fsp3) is 0.421. The molecule has 2 unspecified atom stereocenters. The Balaban J connectivity index is 1.41. The van der Waals surface area contributed by atoms with Gasteiger partial charge < -0.3 is 15.1 Å². The van der Waals surface area contributed by atoms with Gasteiger partial charge in [-0.25, -0.2) is 9.82 Å². The molecular formula is C19H21FN6O2. The third kappa shape index (κ3) is 2.96. The monoisotopic (exact) mass is 384 g/mol. The van der Waals surface area contributed by atoms with Crippen molar-refractivity contribution in [3.8, 4) is 11.5 Å². The van der Waals surface area contributed by atoms with Gasteiger partial charge in [0.2, 0.25) is 11.8 Å². The minimum Gasteiger partial charge on any atom is -0.420 e. The topological polar surface area (TPSA) is 95.3 Å². The van der Waals surface area contributed by atoms with Crippen molar-refractivity contribution in [2.45, 2.75) is 24.9 Å². The summed E-state index contributed by atoms with van der Waals surface area (Å²) in [5, 5.41) is 16.5. The van der Waals surface area contributed by atoms with Gasteiger partial charge in [-0.15, -0.1) is 10.2 Å². The van der Waals surface area contributed by atoms with Gasteiger partial charge in [0.25, 0.3) is 5.89 Å². The van der Waals surface area contributed by atoms with E-state index in [9.17, 15) is 9.18 Å². The molecule has 1 amide bonds. The van der Waals surface area contributed by atoms with Crippen LogP contribution in [0.1, 0.15) is 24.7 Å². The molecule has 1 aromatic heterocycles. The van der Waals surface area contributed by atoms with Crippen LogP contribution in [-0.4, -0.2) is 46.9 Å². The Morgan fingerprint density at radius 2 is 2.00 bits per heavy atom. The molecule has 2 atom stereocenters. The van der Waals surface area contributed by atoms with Gasteiger partial charge in [0.05, 0.1) is 11.5 Å². The van der Waals surface area contributed by atoms with E-state index in [0.717, 1.165) is 31.6 Å². The van der Waals surface area contributed by atoms with Crippen molar-refractivity contribution < 1.29 is 13.6 Å². The van der Waals surface area contributed by atoms with Crippen molar-refractivity contribution in [2.24, 2.45) is 5.92 Å². The molecule has 2 aromatic rings. The fourth-order valence-electron chi connectivity index (χ4n) is 4.18. The SMILES string of the molecule is O=C1C=C(C2CCNCC2)N2NCC(c3nnc(-c4ccccc4F)o3)C2N1. The molecule has 2 saturated heterocycles. The first-order valence-electron chi connectivity index (χ1n) is 9.54. The number of halogens is 1. The summed E-state index contributed by atoms with van der Waals surface area (Å²) >= 11 is 0. The Morgan fingerprint density at radius 3 is 2.82 bits per heavy atom. The van der Waals surface area contributed by atoms with Crippen LogP contribution in [0.15, 0.2) is 40.5 Å². The second kappa shape index (κ2) is 6.99. The summed E-state index contributed by atoms with van der Waals surface area (Å²) < 4.78 is 19.8. The minimum atomic E-state index is -0.411.